The molecule has 1 aliphatic rings. The third-order valence-electron chi connectivity index (χ3n) is 3.54. The van der Waals surface area contributed by atoms with Crippen molar-refractivity contribution in [3.63, 3.8) is 0 Å². The quantitative estimate of drug-likeness (QED) is 0.868. The molecule has 1 saturated carbocycles. The van der Waals surface area contributed by atoms with Crippen LogP contribution < -0.4 is 5.32 Å². The first kappa shape index (κ1) is 15.5. The summed E-state index contributed by atoms with van der Waals surface area (Å²) in [6.07, 6.45) is 6.19. The first-order chi connectivity index (χ1) is 9.82. The number of hydrogen-bond donors (Lipinski definition) is 1. The van der Waals surface area contributed by atoms with Gasteiger partial charge < -0.3 is 10.1 Å². The monoisotopic (exact) mass is 290 g/mol. The molecule has 1 aromatic rings. The van der Waals surface area contributed by atoms with Gasteiger partial charge in [-0.3, -0.25) is 9.78 Å². The van der Waals surface area contributed by atoms with Crippen molar-refractivity contribution in [3.05, 3.63) is 30.1 Å². The zero-order valence-electron chi connectivity index (χ0n) is 12.8. The molecule has 0 bridgehead atoms. The maximum Gasteiger partial charge on any atom is 0.332 e. The van der Waals surface area contributed by atoms with E-state index in [1.807, 2.05) is 20.8 Å². The van der Waals surface area contributed by atoms with Crippen LogP contribution in [-0.2, 0) is 9.53 Å². The summed E-state index contributed by atoms with van der Waals surface area (Å²) in [6, 6.07) is 3.26. The van der Waals surface area contributed by atoms with E-state index in [2.05, 4.69) is 10.3 Å². The van der Waals surface area contributed by atoms with Crippen LogP contribution in [0.5, 0.6) is 0 Å². The van der Waals surface area contributed by atoms with Crippen LogP contribution in [0.4, 0.5) is 0 Å². The molecule has 1 heterocycles. The predicted octanol–water partition coefficient (Wildman–Crippen LogP) is 2.47. The number of carbonyl (C=O) groups is 2. The molecule has 0 saturated heterocycles. The number of pyridine rings is 1. The summed E-state index contributed by atoms with van der Waals surface area (Å²) >= 11 is 0. The van der Waals surface area contributed by atoms with Crippen molar-refractivity contribution in [2.75, 3.05) is 0 Å². The smallest absolute Gasteiger partial charge is 0.332 e. The highest BCUT2D eigenvalue weighted by atomic mass is 16.6. The molecule has 1 N–H and O–H groups in total. The number of nitrogens with zero attached hydrogens (tertiary/aromatic N) is 1. The Kier molecular flexibility index (Phi) is 4.30. The molecule has 5 heteroatoms. The van der Waals surface area contributed by atoms with E-state index >= 15 is 0 Å². The zero-order chi connectivity index (χ0) is 15.5. The topological polar surface area (TPSA) is 68.3 Å². The SMILES string of the molecule is CC(C)(C)OC(=O)C1(NC(=O)c2ccncc2)CCCC1. The van der Waals surface area contributed by atoms with Gasteiger partial charge in [0.05, 0.1) is 0 Å². The van der Waals surface area contributed by atoms with Gasteiger partial charge in [-0.05, 0) is 45.7 Å². The highest BCUT2D eigenvalue weighted by Crippen LogP contribution is 2.32. The van der Waals surface area contributed by atoms with Crippen LogP contribution in [-0.4, -0.2) is 28.0 Å². The van der Waals surface area contributed by atoms with Gasteiger partial charge in [0.25, 0.3) is 5.91 Å². The van der Waals surface area contributed by atoms with Crippen molar-refractivity contribution in [1.29, 1.82) is 0 Å². The molecule has 114 valence electrons. The summed E-state index contributed by atoms with van der Waals surface area (Å²) < 4.78 is 5.50. The normalized spacial score (nSPS) is 17.3. The van der Waals surface area contributed by atoms with Crippen LogP contribution in [0.1, 0.15) is 56.8 Å². The van der Waals surface area contributed by atoms with Crippen molar-refractivity contribution >= 4 is 11.9 Å². The Morgan fingerprint density at radius 1 is 1.19 bits per heavy atom. The molecule has 0 aromatic carbocycles. The Morgan fingerprint density at radius 2 is 1.76 bits per heavy atom. The van der Waals surface area contributed by atoms with Crippen molar-refractivity contribution in [2.24, 2.45) is 0 Å². The van der Waals surface area contributed by atoms with E-state index in [0.29, 0.717) is 18.4 Å². The number of carbonyl (C=O) groups excluding carboxylic acids is 2. The summed E-state index contributed by atoms with van der Waals surface area (Å²) in [6.45, 7) is 5.49. The van der Waals surface area contributed by atoms with Crippen LogP contribution in [0.25, 0.3) is 0 Å². The molecular weight excluding hydrogens is 268 g/mol. The lowest BCUT2D eigenvalue weighted by Crippen LogP contribution is -2.54. The second-order valence-corrected chi connectivity index (χ2v) is 6.48. The number of esters is 1. The lowest BCUT2D eigenvalue weighted by Gasteiger charge is -2.31. The molecule has 1 amide bonds. The number of hydrogen-bond acceptors (Lipinski definition) is 4. The van der Waals surface area contributed by atoms with Crippen LogP contribution in [0.2, 0.25) is 0 Å². The molecular formula is C16H22N2O3. The van der Waals surface area contributed by atoms with Crippen molar-refractivity contribution in [2.45, 2.75) is 57.6 Å². The molecule has 0 atom stereocenters. The van der Waals surface area contributed by atoms with E-state index in [-0.39, 0.29) is 11.9 Å². The molecule has 0 radical (unpaired) electrons. The van der Waals surface area contributed by atoms with Gasteiger partial charge in [0.1, 0.15) is 11.1 Å². The first-order valence-electron chi connectivity index (χ1n) is 7.28. The van der Waals surface area contributed by atoms with Gasteiger partial charge in [-0.2, -0.15) is 0 Å². The summed E-state index contributed by atoms with van der Waals surface area (Å²) in [4.78, 5) is 28.7. The van der Waals surface area contributed by atoms with Crippen LogP contribution in [0.3, 0.4) is 0 Å². The van der Waals surface area contributed by atoms with E-state index in [1.54, 1.807) is 24.5 Å². The Labute approximate surface area is 125 Å². The summed E-state index contributed by atoms with van der Waals surface area (Å²) in [5.74, 6) is -0.597. The van der Waals surface area contributed by atoms with Gasteiger partial charge in [0.2, 0.25) is 0 Å². The largest absolute Gasteiger partial charge is 0.458 e. The number of ether oxygens (including phenoxy) is 1. The van der Waals surface area contributed by atoms with Crippen molar-refractivity contribution in [3.8, 4) is 0 Å². The van der Waals surface area contributed by atoms with Crippen LogP contribution in [0, 0.1) is 0 Å². The second kappa shape index (κ2) is 5.84. The summed E-state index contributed by atoms with van der Waals surface area (Å²) in [7, 11) is 0. The highest BCUT2D eigenvalue weighted by Gasteiger charge is 2.45. The minimum Gasteiger partial charge on any atom is -0.458 e. The number of amides is 1. The summed E-state index contributed by atoms with van der Waals surface area (Å²) in [5.41, 5.74) is -0.957. The Balaban J connectivity index is 2.15. The Bertz CT molecular complexity index is 514. The molecule has 5 nitrogen and oxygen atoms in total. The molecule has 1 aromatic heterocycles. The van der Waals surface area contributed by atoms with Gasteiger partial charge >= 0.3 is 5.97 Å². The molecule has 2 rings (SSSR count). The molecule has 1 fully saturated rings. The van der Waals surface area contributed by atoms with Crippen molar-refractivity contribution in [1.82, 2.24) is 10.3 Å². The zero-order valence-corrected chi connectivity index (χ0v) is 12.8. The van der Waals surface area contributed by atoms with E-state index < -0.39 is 11.1 Å². The van der Waals surface area contributed by atoms with E-state index in [4.69, 9.17) is 4.74 Å². The number of rotatable bonds is 3. The standard InChI is InChI=1S/C16H22N2O3/c1-15(2,3)21-14(20)16(8-4-5-9-16)18-13(19)12-6-10-17-11-7-12/h6-7,10-11H,4-5,8-9H2,1-3H3,(H,18,19). The molecule has 21 heavy (non-hydrogen) atoms. The van der Waals surface area contributed by atoms with Crippen LogP contribution in [0.15, 0.2) is 24.5 Å². The highest BCUT2D eigenvalue weighted by molar-refractivity contribution is 5.98. The lowest BCUT2D eigenvalue weighted by atomic mass is 9.96. The average molecular weight is 290 g/mol. The third kappa shape index (κ3) is 3.80. The maximum absolute atomic E-state index is 12.5. The fourth-order valence-electron chi connectivity index (χ4n) is 2.53. The molecule has 0 spiro atoms. The first-order valence-corrected chi connectivity index (χ1v) is 7.28. The summed E-state index contributed by atoms with van der Waals surface area (Å²) in [5, 5.41) is 2.89. The lowest BCUT2D eigenvalue weighted by molar-refractivity contribution is -0.162. The van der Waals surface area contributed by atoms with Gasteiger partial charge in [-0.15, -0.1) is 0 Å². The predicted molar refractivity (Wildman–Crippen MR) is 78.7 cm³/mol. The molecule has 0 unspecified atom stereocenters. The van der Waals surface area contributed by atoms with E-state index in [1.165, 1.54) is 0 Å². The van der Waals surface area contributed by atoms with Crippen LogP contribution >= 0.6 is 0 Å². The maximum atomic E-state index is 12.5. The number of nitrogens with one attached hydrogen (secondary N) is 1. The van der Waals surface area contributed by atoms with Gasteiger partial charge in [-0.25, -0.2) is 4.79 Å². The Morgan fingerprint density at radius 3 is 2.29 bits per heavy atom. The minimum atomic E-state index is -0.895. The van der Waals surface area contributed by atoms with Gasteiger partial charge in [0.15, 0.2) is 0 Å². The van der Waals surface area contributed by atoms with E-state index in [9.17, 15) is 9.59 Å². The minimum absolute atomic E-state index is 0.259. The second-order valence-electron chi connectivity index (χ2n) is 6.48. The molecule has 1 aliphatic carbocycles. The fraction of sp³-hybridized carbons (Fsp3) is 0.562. The Hall–Kier alpha value is -1.91. The fourth-order valence-corrected chi connectivity index (χ4v) is 2.53. The van der Waals surface area contributed by atoms with Crippen molar-refractivity contribution < 1.29 is 14.3 Å². The average Bonchev–Trinajstić information content (AvgIpc) is 2.87. The third-order valence-corrected chi connectivity index (χ3v) is 3.54. The van der Waals surface area contributed by atoms with Gasteiger partial charge in [-0.1, -0.05) is 12.8 Å². The van der Waals surface area contributed by atoms with Gasteiger partial charge in [0, 0.05) is 18.0 Å². The van der Waals surface area contributed by atoms with E-state index in [0.717, 1.165) is 12.8 Å². The molecule has 0 aliphatic heterocycles. The number of aromatic nitrogens is 1.